The van der Waals surface area contributed by atoms with E-state index in [9.17, 15) is 9.90 Å². The van der Waals surface area contributed by atoms with Crippen LogP contribution < -0.4 is 5.32 Å². The van der Waals surface area contributed by atoms with Crippen molar-refractivity contribution in [3.63, 3.8) is 0 Å². The smallest absolute Gasteiger partial charge is 0.255 e. The summed E-state index contributed by atoms with van der Waals surface area (Å²) in [6, 6.07) is 12.0. The number of phenolic OH excluding ortho intramolecular Hbond substituents is 1. The lowest BCUT2D eigenvalue weighted by Gasteiger charge is -2.10. The van der Waals surface area contributed by atoms with Gasteiger partial charge < -0.3 is 10.4 Å². The van der Waals surface area contributed by atoms with E-state index in [0.29, 0.717) is 5.56 Å². The van der Waals surface area contributed by atoms with E-state index in [0.717, 1.165) is 22.1 Å². The van der Waals surface area contributed by atoms with Crippen LogP contribution in [-0.4, -0.2) is 11.0 Å². The Morgan fingerprint density at radius 1 is 1.26 bits per heavy atom. The third-order valence-electron chi connectivity index (χ3n) is 2.80. The Balaban J connectivity index is 2.24. The Morgan fingerprint density at radius 3 is 2.74 bits per heavy atom. The van der Waals surface area contributed by atoms with Crippen molar-refractivity contribution in [3.8, 4) is 5.75 Å². The molecule has 0 aliphatic heterocycles. The minimum atomic E-state index is -0.229. The summed E-state index contributed by atoms with van der Waals surface area (Å²) >= 11 is 3.41. The average molecular weight is 320 g/mol. The van der Waals surface area contributed by atoms with E-state index in [1.807, 2.05) is 25.1 Å². The highest BCUT2D eigenvalue weighted by Gasteiger charge is 2.09. The summed E-state index contributed by atoms with van der Waals surface area (Å²) in [5.74, 6) is -0.146. The number of amides is 1. The van der Waals surface area contributed by atoms with Crippen molar-refractivity contribution in [2.75, 3.05) is 5.32 Å². The number of anilines is 1. The van der Waals surface area contributed by atoms with Gasteiger partial charge in [-0.2, -0.15) is 0 Å². The zero-order valence-corrected chi connectivity index (χ0v) is 12.1. The maximum atomic E-state index is 12.1. The van der Waals surface area contributed by atoms with Gasteiger partial charge >= 0.3 is 0 Å². The van der Waals surface area contributed by atoms with Crippen molar-refractivity contribution in [1.82, 2.24) is 0 Å². The maximum absolute atomic E-state index is 12.1. The van der Waals surface area contributed by atoms with Crippen LogP contribution in [0, 0.1) is 0 Å². The topological polar surface area (TPSA) is 49.3 Å². The Kier molecular flexibility index (Phi) is 4.22. The summed E-state index contributed by atoms with van der Waals surface area (Å²) in [6.07, 6.45) is 0.828. The molecule has 0 unspecified atom stereocenters. The minimum absolute atomic E-state index is 0.0826. The number of hydrogen-bond donors (Lipinski definition) is 2. The number of benzene rings is 2. The number of carbonyl (C=O) groups is 1. The van der Waals surface area contributed by atoms with Gasteiger partial charge in [0, 0.05) is 15.7 Å². The van der Waals surface area contributed by atoms with Crippen molar-refractivity contribution in [2.24, 2.45) is 0 Å². The summed E-state index contributed by atoms with van der Waals surface area (Å²) in [7, 11) is 0. The Hall–Kier alpha value is -1.81. The maximum Gasteiger partial charge on any atom is 0.255 e. The fourth-order valence-electron chi connectivity index (χ4n) is 1.82. The summed E-state index contributed by atoms with van der Waals surface area (Å²) < 4.78 is 0.986. The van der Waals surface area contributed by atoms with Crippen molar-refractivity contribution in [2.45, 2.75) is 13.3 Å². The van der Waals surface area contributed by atoms with Gasteiger partial charge in [-0.3, -0.25) is 4.79 Å². The number of nitrogens with one attached hydrogen (secondary N) is 1. The van der Waals surface area contributed by atoms with Crippen LogP contribution in [0.5, 0.6) is 5.75 Å². The fourth-order valence-corrected chi connectivity index (χ4v) is 2.23. The summed E-state index contributed by atoms with van der Waals surface area (Å²) in [5.41, 5.74) is 2.28. The lowest BCUT2D eigenvalue weighted by molar-refractivity contribution is 0.102. The van der Waals surface area contributed by atoms with Crippen LogP contribution in [-0.2, 0) is 6.42 Å². The molecule has 0 saturated carbocycles. The lowest BCUT2D eigenvalue weighted by Crippen LogP contribution is -2.13. The second-order valence-electron chi connectivity index (χ2n) is 4.16. The van der Waals surface area contributed by atoms with Crippen LogP contribution in [0.1, 0.15) is 22.8 Å². The van der Waals surface area contributed by atoms with Gasteiger partial charge in [0.25, 0.3) is 5.91 Å². The minimum Gasteiger partial charge on any atom is -0.508 e. The molecular formula is C15H14BrNO2. The molecule has 98 valence electrons. The van der Waals surface area contributed by atoms with E-state index in [1.165, 1.54) is 12.1 Å². The second-order valence-corrected chi connectivity index (χ2v) is 5.08. The molecule has 2 aromatic rings. The average Bonchev–Trinajstić information content (AvgIpc) is 2.40. The number of aromatic hydroxyl groups is 1. The summed E-state index contributed by atoms with van der Waals surface area (Å²) in [6.45, 7) is 2.03. The summed E-state index contributed by atoms with van der Waals surface area (Å²) in [4.78, 5) is 12.1. The highest BCUT2D eigenvalue weighted by Crippen LogP contribution is 2.22. The van der Waals surface area contributed by atoms with Crippen molar-refractivity contribution >= 4 is 27.5 Å². The molecule has 2 aromatic carbocycles. The van der Waals surface area contributed by atoms with Gasteiger partial charge in [0.15, 0.2) is 0 Å². The first-order valence-electron chi connectivity index (χ1n) is 5.99. The third kappa shape index (κ3) is 3.35. The third-order valence-corrected chi connectivity index (χ3v) is 3.30. The van der Waals surface area contributed by atoms with E-state index in [1.54, 1.807) is 12.1 Å². The number of halogens is 1. The molecule has 0 saturated heterocycles. The first-order chi connectivity index (χ1) is 9.10. The second kappa shape index (κ2) is 5.89. The highest BCUT2D eigenvalue weighted by atomic mass is 79.9. The molecule has 4 heteroatoms. The standard InChI is InChI=1S/C15H14BrNO2/c1-2-10-8-12(16)6-7-14(10)17-15(19)11-4-3-5-13(18)9-11/h3-9,18H,2H2,1H3,(H,17,19). The van der Waals surface area contributed by atoms with Gasteiger partial charge in [-0.15, -0.1) is 0 Å². The van der Waals surface area contributed by atoms with Crippen LogP contribution in [0.4, 0.5) is 5.69 Å². The van der Waals surface area contributed by atoms with Gasteiger partial charge in [-0.25, -0.2) is 0 Å². The predicted octanol–water partition coefficient (Wildman–Crippen LogP) is 3.97. The molecule has 0 aliphatic rings. The van der Waals surface area contributed by atoms with Crippen LogP contribution >= 0.6 is 15.9 Å². The molecule has 0 aliphatic carbocycles. The van der Waals surface area contributed by atoms with Gasteiger partial charge in [0.05, 0.1) is 0 Å². The first kappa shape index (κ1) is 13.6. The largest absolute Gasteiger partial charge is 0.508 e. The van der Waals surface area contributed by atoms with Gasteiger partial charge in [-0.1, -0.05) is 28.9 Å². The van der Waals surface area contributed by atoms with E-state index in [-0.39, 0.29) is 11.7 Å². The number of hydrogen-bond acceptors (Lipinski definition) is 2. The van der Waals surface area contributed by atoms with E-state index >= 15 is 0 Å². The van der Waals surface area contributed by atoms with E-state index in [2.05, 4.69) is 21.2 Å². The molecule has 0 heterocycles. The van der Waals surface area contributed by atoms with Gasteiger partial charge in [0.2, 0.25) is 0 Å². The van der Waals surface area contributed by atoms with Gasteiger partial charge in [0.1, 0.15) is 5.75 Å². The zero-order chi connectivity index (χ0) is 13.8. The molecule has 1 amide bonds. The SMILES string of the molecule is CCc1cc(Br)ccc1NC(=O)c1cccc(O)c1. The number of carbonyl (C=O) groups excluding carboxylic acids is 1. The number of rotatable bonds is 3. The molecule has 3 nitrogen and oxygen atoms in total. The summed E-state index contributed by atoms with van der Waals surface area (Å²) in [5, 5.41) is 12.2. The molecule has 19 heavy (non-hydrogen) atoms. The van der Waals surface area contributed by atoms with Gasteiger partial charge in [-0.05, 0) is 48.4 Å². The van der Waals surface area contributed by atoms with Crippen molar-refractivity contribution < 1.29 is 9.90 Å². The van der Waals surface area contributed by atoms with E-state index in [4.69, 9.17) is 0 Å². The molecule has 0 radical (unpaired) electrons. The lowest BCUT2D eigenvalue weighted by atomic mass is 10.1. The van der Waals surface area contributed by atoms with Crippen LogP contribution in [0.15, 0.2) is 46.9 Å². The molecule has 0 aromatic heterocycles. The fraction of sp³-hybridized carbons (Fsp3) is 0.133. The zero-order valence-electron chi connectivity index (χ0n) is 10.5. The van der Waals surface area contributed by atoms with Crippen LogP contribution in [0.2, 0.25) is 0 Å². The predicted molar refractivity (Wildman–Crippen MR) is 79.6 cm³/mol. The van der Waals surface area contributed by atoms with Crippen LogP contribution in [0.3, 0.4) is 0 Å². The van der Waals surface area contributed by atoms with Crippen LogP contribution in [0.25, 0.3) is 0 Å². The monoisotopic (exact) mass is 319 g/mol. The Morgan fingerprint density at radius 2 is 2.05 bits per heavy atom. The van der Waals surface area contributed by atoms with Crippen molar-refractivity contribution in [1.29, 1.82) is 0 Å². The highest BCUT2D eigenvalue weighted by molar-refractivity contribution is 9.10. The Bertz CT molecular complexity index is 611. The number of aryl methyl sites for hydroxylation is 1. The van der Waals surface area contributed by atoms with Crippen molar-refractivity contribution in [3.05, 3.63) is 58.1 Å². The van der Waals surface area contributed by atoms with E-state index < -0.39 is 0 Å². The molecule has 2 N–H and O–H groups in total. The Labute approximate surface area is 120 Å². The number of phenols is 1. The molecule has 0 fully saturated rings. The molecule has 0 bridgehead atoms. The quantitative estimate of drug-likeness (QED) is 0.899. The first-order valence-corrected chi connectivity index (χ1v) is 6.78. The molecule has 2 rings (SSSR count). The molecule has 0 atom stereocenters. The normalized spacial score (nSPS) is 10.2. The molecule has 0 spiro atoms. The molecular weight excluding hydrogens is 306 g/mol.